The molecule has 6 aromatic rings. The summed E-state index contributed by atoms with van der Waals surface area (Å²) in [4.78, 5) is 16.8. The number of hydrogen-bond donors (Lipinski definition) is 2. The molecule has 0 unspecified atom stereocenters. The lowest BCUT2D eigenvalue weighted by Crippen LogP contribution is -2.34. The van der Waals surface area contributed by atoms with Crippen molar-refractivity contribution >= 4 is 24.2 Å². The number of hydrogen-bond acceptors (Lipinski definition) is 6. The van der Waals surface area contributed by atoms with E-state index in [0.717, 1.165) is 39.3 Å². The minimum absolute atomic E-state index is 0.467. The van der Waals surface area contributed by atoms with Crippen LogP contribution in [0.4, 0.5) is 0 Å². The summed E-state index contributed by atoms with van der Waals surface area (Å²) in [7, 11) is -1.35. The first kappa shape index (κ1) is 32.2. The Morgan fingerprint density at radius 1 is 0.500 bits per heavy atom. The maximum Gasteiger partial charge on any atom is 0.488 e. The molecular weight excluding hydrogens is 567 g/mol. The van der Waals surface area contributed by atoms with Gasteiger partial charge in [-0.2, -0.15) is 0 Å². The summed E-state index contributed by atoms with van der Waals surface area (Å²) >= 11 is 5.74. The highest BCUT2D eigenvalue weighted by molar-refractivity contribution is 6.59. The molecule has 2 aromatic heterocycles. The summed E-state index contributed by atoms with van der Waals surface area (Å²) in [6, 6.07) is 35.8. The number of nitrogens with zero attached hydrogens (tertiary/aromatic N) is 4. The van der Waals surface area contributed by atoms with Gasteiger partial charge in [0.15, 0.2) is 0 Å². The van der Waals surface area contributed by atoms with E-state index in [1.807, 2.05) is 80.6 Å². The van der Waals surface area contributed by atoms with Crippen LogP contribution in [-0.4, -0.2) is 37.1 Å². The molecule has 0 saturated carbocycles. The summed E-state index contributed by atoms with van der Waals surface area (Å²) in [5.74, 6) is 0. The Hall–Kier alpha value is -4.69. The largest absolute Gasteiger partial charge is 0.488 e. The fourth-order valence-corrected chi connectivity index (χ4v) is 4.96. The third kappa shape index (κ3) is 8.68. The van der Waals surface area contributed by atoms with E-state index in [2.05, 4.69) is 70.2 Å². The zero-order valence-electron chi connectivity index (χ0n) is 25.2. The standard InChI is InChI=1S/C18H16N2.C10H7ClN2.C8H11BO2/c1-13-7-6-8-14(2)18(13)17-11-16(19-12-20-17)15-9-4-3-5-10-15;11-10-6-9(12-7-13-10)8-4-2-1-3-5-8;1-6-4-3-5-7(2)8(6)9(10)11/h3-12H,1-2H3;1-7H;3-5,10-11H,1-2H3. The first-order valence-electron chi connectivity index (χ1n) is 14.1. The zero-order valence-corrected chi connectivity index (χ0v) is 25.9. The molecule has 4 aromatic carbocycles. The van der Waals surface area contributed by atoms with Crippen LogP contribution in [0.1, 0.15) is 22.3 Å². The van der Waals surface area contributed by atoms with E-state index < -0.39 is 7.12 Å². The molecule has 0 aliphatic heterocycles. The second-order valence-corrected chi connectivity index (χ2v) is 10.6. The Kier molecular flexibility index (Phi) is 11.5. The average molecular weight is 601 g/mol. The number of aryl methyl sites for hydroxylation is 4. The second kappa shape index (κ2) is 15.7. The molecule has 0 fully saturated rings. The van der Waals surface area contributed by atoms with E-state index >= 15 is 0 Å². The normalized spacial score (nSPS) is 10.2. The van der Waals surface area contributed by atoms with E-state index in [1.165, 1.54) is 23.0 Å². The van der Waals surface area contributed by atoms with Crippen molar-refractivity contribution in [3.05, 3.63) is 149 Å². The average Bonchev–Trinajstić information content (AvgIpc) is 3.02. The maximum absolute atomic E-state index is 8.94. The fraction of sp³-hybridized carbons (Fsp3) is 0.111. The summed E-state index contributed by atoms with van der Waals surface area (Å²) in [6.45, 7) is 7.96. The van der Waals surface area contributed by atoms with Crippen LogP contribution in [0.5, 0.6) is 0 Å². The van der Waals surface area contributed by atoms with Crippen molar-refractivity contribution in [2.24, 2.45) is 0 Å². The van der Waals surface area contributed by atoms with E-state index in [1.54, 1.807) is 12.4 Å². The summed E-state index contributed by atoms with van der Waals surface area (Å²) in [6.07, 6.45) is 3.11. The molecule has 0 atom stereocenters. The molecule has 44 heavy (non-hydrogen) atoms. The quantitative estimate of drug-likeness (QED) is 0.164. The third-order valence-electron chi connectivity index (χ3n) is 6.98. The van der Waals surface area contributed by atoms with Gasteiger partial charge < -0.3 is 10.0 Å². The Balaban J connectivity index is 0.000000160. The van der Waals surface area contributed by atoms with Crippen LogP contribution >= 0.6 is 11.6 Å². The SMILES string of the molecule is Cc1cccc(C)c1-c1cc(-c2ccccc2)ncn1.Cc1cccc(C)c1B(O)O.Clc1cc(-c2ccccc2)ncn1. The van der Waals surface area contributed by atoms with Gasteiger partial charge >= 0.3 is 7.12 Å². The predicted molar refractivity (Wildman–Crippen MR) is 181 cm³/mol. The van der Waals surface area contributed by atoms with Crippen molar-refractivity contribution in [2.75, 3.05) is 0 Å². The first-order chi connectivity index (χ1) is 21.2. The number of halogens is 1. The zero-order chi connectivity index (χ0) is 31.5. The molecule has 0 radical (unpaired) electrons. The molecule has 0 bridgehead atoms. The van der Waals surface area contributed by atoms with Gasteiger partial charge in [-0.25, -0.2) is 19.9 Å². The van der Waals surface area contributed by atoms with Crippen molar-refractivity contribution in [3.8, 4) is 33.8 Å². The topological polar surface area (TPSA) is 92.0 Å². The minimum atomic E-state index is -1.35. The highest BCUT2D eigenvalue weighted by atomic mass is 35.5. The lowest BCUT2D eigenvalue weighted by molar-refractivity contribution is 0.425. The lowest BCUT2D eigenvalue weighted by atomic mass is 9.74. The van der Waals surface area contributed by atoms with Gasteiger partial charge in [0, 0.05) is 22.8 Å². The molecule has 0 saturated heterocycles. The van der Waals surface area contributed by atoms with Crippen LogP contribution in [-0.2, 0) is 0 Å². The second-order valence-electron chi connectivity index (χ2n) is 10.2. The van der Waals surface area contributed by atoms with Gasteiger partial charge in [0.2, 0.25) is 0 Å². The molecule has 0 amide bonds. The highest BCUT2D eigenvalue weighted by Crippen LogP contribution is 2.27. The monoisotopic (exact) mass is 600 g/mol. The fourth-order valence-electron chi connectivity index (χ4n) is 4.81. The van der Waals surface area contributed by atoms with Crippen LogP contribution in [0.2, 0.25) is 5.15 Å². The molecule has 2 heterocycles. The van der Waals surface area contributed by atoms with Crippen molar-refractivity contribution in [3.63, 3.8) is 0 Å². The molecule has 0 aliphatic rings. The molecular formula is C36H34BClN4O2. The van der Waals surface area contributed by atoms with E-state index in [-0.39, 0.29) is 0 Å². The Morgan fingerprint density at radius 2 is 0.932 bits per heavy atom. The van der Waals surface area contributed by atoms with Gasteiger partial charge in [0.25, 0.3) is 0 Å². The van der Waals surface area contributed by atoms with Crippen molar-refractivity contribution in [1.29, 1.82) is 0 Å². The smallest absolute Gasteiger partial charge is 0.423 e. The van der Waals surface area contributed by atoms with E-state index in [9.17, 15) is 0 Å². The maximum atomic E-state index is 8.94. The van der Waals surface area contributed by atoms with Crippen molar-refractivity contribution in [2.45, 2.75) is 27.7 Å². The van der Waals surface area contributed by atoms with Gasteiger partial charge in [0.1, 0.15) is 17.8 Å². The van der Waals surface area contributed by atoms with E-state index in [4.69, 9.17) is 21.6 Å². The van der Waals surface area contributed by atoms with Gasteiger partial charge in [0.05, 0.1) is 17.1 Å². The first-order valence-corrected chi connectivity index (χ1v) is 14.5. The Bertz CT molecular complexity index is 1760. The van der Waals surface area contributed by atoms with Crippen LogP contribution < -0.4 is 5.46 Å². The number of benzene rings is 4. The molecule has 6 nitrogen and oxygen atoms in total. The molecule has 220 valence electrons. The summed E-state index contributed by atoms with van der Waals surface area (Å²) in [5.41, 5.74) is 11.1. The third-order valence-corrected chi connectivity index (χ3v) is 7.18. The summed E-state index contributed by atoms with van der Waals surface area (Å²) < 4.78 is 0. The molecule has 8 heteroatoms. The van der Waals surface area contributed by atoms with Gasteiger partial charge in [-0.05, 0) is 50.4 Å². The molecule has 6 rings (SSSR count). The van der Waals surface area contributed by atoms with Gasteiger partial charge in [-0.3, -0.25) is 0 Å². The lowest BCUT2D eigenvalue weighted by Gasteiger charge is -2.10. The Morgan fingerprint density at radius 3 is 1.39 bits per heavy atom. The van der Waals surface area contributed by atoms with Gasteiger partial charge in [-0.15, -0.1) is 0 Å². The van der Waals surface area contributed by atoms with E-state index in [0.29, 0.717) is 10.6 Å². The van der Waals surface area contributed by atoms with Crippen molar-refractivity contribution in [1.82, 2.24) is 19.9 Å². The predicted octanol–water partition coefficient (Wildman–Crippen LogP) is 7.21. The van der Waals surface area contributed by atoms with Gasteiger partial charge in [-0.1, -0.05) is 120 Å². The van der Waals surface area contributed by atoms with Crippen LogP contribution in [0, 0.1) is 27.7 Å². The van der Waals surface area contributed by atoms with Crippen LogP contribution in [0.3, 0.4) is 0 Å². The minimum Gasteiger partial charge on any atom is -0.423 e. The molecule has 2 N–H and O–H groups in total. The Labute approximate surface area is 264 Å². The number of rotatable bonds is 4. The molecule has 0 spiro atoms. The number of aromatic nitrogens is 4. The van der Waals surface area contributed by atoms with Crippen molar-refractivity contribution < 1.29 is 10.0 Å². The molecule has 0 aliphatic carbocycles. The van der Waals surface area contributed by atoms with Crippen LogP contribution in [0.25, 0.3) is 33.8 Å². The van der Waals surface area contributed by atoms with Crippen LogP contribution in [0.15, 0.2) is 122 Å². The summed E-state index contributed by atoms with van der Waals surface area (Å²) in [5, 5.41) is 18.3. The highest BCUT2D eigenvalue weighted by Gasteiger charge is 2.15.